The third kappa shape index (κ3) is 20.2. The molecule has 0 aliphatic heterocycles. The first kappa shape index (κ1) is 72.5. The number of phenolic OH excluding ortho intramolecular Hbond substituents is 2. The zero-order chi connectivity index (χ0) is 113. The van der Waals surface area contributed by atoms with Gasteiger partial charge in [-0.25, -0.2) is 9.97 Å². The van der Waals surface area contributed by atoms with Crippen LogP contribution in [0.1, 0.15) is 256 Å². The summed E-state index contributed by atoms with van der Waals surface area (Å²) in [5.74, 6) is 0.180. The second-order valence-electron chi connectivity index (χ2n) is 40.4. The number of nitrogens with zero attached hydrogens (tertiary/aromatic N) is 6. The number of fused-ring (bicyclic) bond motifs is 2. The summed E-state index contributed by atoms with van der Waals surface area (Å²) in [5, 5.41) is 24.7. The van der Waals surface area contributed by atoms with Gasteiger partial charge in [-0.3, -0.25) is 19.1 Å². The van der Waals surface area contributed by atoms with Crippen LogP contribution >= 0.6 is 0 Å². The molecule has 0 spiro atoms. The molecule has 17 aromatic rings. The zero-order valence-electron chi connectivity index (χ0n) is 101. The van der Waals surface area contributed by atoms with E-state index in [1.807, 2.05) is 199 Å². The molecule has 0 aliphatic rings. The number of phenols is 2. The fourth-order valence-electron chi connectivity index (χ4n) is 17.6. The molecule has 0 amide bonds. The van der Waals surface area contributed by atoms with Gasteiger partial charge in [0.05, 0.1) is 44.6 Å². The van der Waals surface area contributed by atoms with Crippen LogP contribution in [0.3, 0.4) is 0 Å². The van der Waals surface area contributed by atoms with Gasteiger partial charge in [-0.1, -0.05) is 369 Å². The number of hydrogen-bond acceptors (Lipinski definition) is 6. The van der Waals surface area contributed by atoms with E-state index in [1.54, 1.807) is 42.7 Å². The molecule has 10 heteroatoms. The van der Waals surface area contributed by atoms with E-state index in [-0.39, 0.29) is 86.6 Å². The number of aromatic nitrogens is 6. The second kappa shape index (κ2) is 37.7. The normalized spacial score (nSPS) is 15.4. The molecule has 0 bridgehead atoms. The maximum Gasteiger partial charge on any atom is 0.148 e. The quantitative estimate of drug-likeness (QED) is 0.105. The molecule has 17 rings (SSSR count). The van der Waals surface area contributed by atoms with Crippen LogP contribution in [0.15, 0.2) is 285 Å². The Kier molecular flexibility index (Phi) is 20.4. The fourth-order valence-corrected chi connectivity index (χ4v) is 17.6. The third-order valence-corrected chi connectivity index (χ3v) is 24.8. The summed E-state index contributed by atoms with van der Waals surface area (Å²) >= 11 is 0. The van der Waals surface area contributed by atoms with Crippen molar-refractivity contribution in [1.29, 1.82) is 0 Å². The number of para-hydroxylation sites is 2. The van der Waals surface area contributed by atoms with E-state index >= 15 is 0 Å². The van der Waals surface area contributed by atoms with Crippen molar-refractivity contribution in [2.75, 3.05) is 0 Å². The molecule has 134 heavy (non-hydrogen) atoms. The Bertz CT molecular complexity index is 8110. The molecule has 0 aliphatic carbocycles. The molecular formula is C124H128N6O2Pt2-2. The maximum absolute atomic E-state index is 12.4. The van der Waals surface area contributed by atoms with E-state index in [2.05, 4.69) is 160 Å². The second-order valence-corrected chi connectivity index (χ2v) is 40.4. The Balaban J connectivity index is 0.000000243. The van der Waals surface area contributed by atoms with Gasteiger partial charge in [0.25, 0.3) is 0 Å². The van der Waals surface area contributed by atoms with Crippen molar-refractivity contribution in [3.63, 3.8) is 0 Å². The summed E-state index contributed by atoms with van der Waals surface area (Å²) in [4.78, 5) is 20.6. The summed E-state index contributed by atoms with van der Waals surface area (Å²) in [6, 6.07) is 91.9. The van der Waals surface area contributed by atoms with Crippen molar-refractivity contribution in [1.82, 2.24) is 29.1 Å². The Labute approximate surface area is 856 Å². The van der Waals surface area contributed by atoms with Crippen molar-refractivity contribution in [3.8, 4) is 146 Å². The summed E-state index contributed by atoms with van der Waals surface area (Å²) in [6.07, 6.45) is 3.28. The number of pyridine rings is 2. The maximum atomic E-state index is 12.4. The van der Waals surface area contributed by atoms with Crippen molar-refractivity contribution in [2.45, 2.75) is 223 Å². The smallest absolute Gasteiger partial charge is 0.148 e. The van der Waals surface area contributed by atoms with Crippen LogP contribution < -0.4 is 0 Å². The van der Waals surface area contributed by atoms with Gasteiger partial charge < -0.3 is 10.2 Å². The molecule has 8 nitrogen and oxygen atoms in total. The number of hydrogen-bond donors (Lipinski definition) is 2. The molecule has 0 unspecified atom stereocenters. The average Bonchev–Trinajstić information content (AvgIpc) is 1.03. The molecule has 4 heterocycles. The van der Waals surface area contributed by atoms with E-state index in [1.165, 1.54) is 36.4 Å². The van der Waals surface area contributed by atoms with Gasteiger partial charge in [-0.05, 0) is 214 Å². The minimum absolute atomic E-state index is 0. The van der Waals surface area contributed by atoms with Crippen molar-refractivity contribution < 1.29 is 82.5 Å². The van der Waals surface area contributed by atoms with E-state index in [4.69, 9.17) is 46.0 Å². The fraction of sp³-hybridized carbons (Fsp3) is 0.274. The van der Waals surface area contributed by atoms with Crippen LogP contribution in [0.5, 0.6) is 11.5 Å². The van der Waals surface area contributed by atoms with Crippen LogP contribution in [-0.2, 0) is 80.0 Å². The van der Waals surface area contributed by atoms with Gasteiger partial charge in [0.15, 0.2) is 0 Å². The van der Waals surface area contributed by atoms with Crippen LogP contribution in [0.25, 0.3) is 157 Å². The monoisotopic (exact) mass is 2150 g/mol. The zero-order valence-corrected chi connectivity index (χ0v) is 83.9. The number of aromatic hydroxyl groups is 2. The molecule has 0 saturated carbocycles. The van der Waals surface area contributed by atoms with Crippen molar-refractivity contribution in [2.24, 2.45) is 0 Å². The van der Waals surface area contributed by atoms with Gasteiger partial charge in [0.2, 0.25) is 0 Å². The molecule has 0 atom stereocenters. The first-order valence-electron chi connectivity index (χ1n) is 55.8. The van der Waals surface area contributed by atoms with E-state index < -0.39 is 75.5 Å². The van der Waals surface area contributed by atoms with Crippen LogP contribution in [0.2, 0.25) is 0 Å². The minimum Gasteiger partial charge on any atom is -0.507 e. The summed E-state index contributed by atoms with van der Waals surface area (Å²) in [5.41, 5.74) is 16.5. The van der Waals surface area contributed by atoms with Gasteiger partial charge in [-0.15, -0.1) is 58.7 Å². The SMILES string of the molecule is [2H]C(C)(C)c1ccc(-n2c(-c3cc(C)cc(C(C)(C)C)c3O)nc3c(-c4[c-]c(-c5cc(-c6ccc(C(C([2H])([2H])[2H])(C([2H])([2H])[2H])C([2H])([2H])[2H])cc6)ccn5)cc(C(C)(C)C)c4)cccc32)c(-c2ccccc2)c1.[2H]C([2H])([2H])c1cc(-c2c(-c3ccccc3)cccc2C(C)(C)C)ccc1-n1c(-c2cc(C)cc(C(C)(C)C)c2O)nc2c(-c3[c-]c(-c4cc(-c5ccc(C(C([2H])([2H])[2H])(C([2H])([2H])[2H])C([2H])([2H])[2H])cc5)ccn4)cc(C(C)(C)C)c3)cccc21.[Pt].[Pt]. The van der Waals surface area contributed by atoms with Gasteiger partial charge in [0.1, 0.15) is 23.1 Å². The Hall–Kier alpha value is -11.9. The molecule has 0 radical (unpaired) electrons. The molecule has 0 fully saturated rings. The van der Waals surface area contributed by atoms with Crippen molar-refractivity contribution in [3.05, 3.63) is 359 Å². The van der Waals surface area contributed by atoms with Crippen LogP contribution in [0.4, 0.5) is 0 Å². The van der Waals surface area contributed by atoms with Gasteiger partial charge in [-0.2, -0.15) is 0 Å². The van der Waals surface area contributed by atoms with E-state index in [0.717, 1.165) is 94.7 Å². The number of rotatable bonds is 14. The third-order valence-electron chi connectivity index (χ3n) is 24.8. The Morgan fingerprint density at radius 2 is 0.731 bits per heavy atom. The number of benzene rings is 13. The Morgan fingerprint density at radius 1 is 0.328 bits per heavy atom. The van der Waals surface area contributed by atoms with Gasteiger partial charge >= 0.3 is 0 Å². The number of imidazole rings is 2. The average molecular weight is 2150 g/mol. The topological polar surface area (TPSA) is 102 Å². The summed E-state index contributed by atoms with van der Waals surface area (Å²) in [7, 11) is 0. The minimum atomic E-state index is -3.40. The van der Waals surface area contributed by atoms with E-state index in [0.29, 0.717) is 106 Å². The first-order valence-corrected chi connectivity index (χ1v) is 44.8. The van der Waals surface area contributed by atoms with Crippen molar-refractivity contribution >= 4 is 22.1 Å². The molecular weight excluding hydrogens is 2000 g/mol. The predicted octanol–water partition coefficient (Wildman–Crippen LogP) is 33.3. The molecule has 688 valence electrons. The first-order chi connectivity index (χ1) is 71.3. The molecule has 2 N–H and O–H groups in total. The molecule has 13 aromatic carbocycles. The van der Waals surface area contributed by atoms with Crippen LogP contribution in [-0.4, -0.2) is 39.3 Å². The van der Waals surface area contributed by atoms with E-state index in [9.17, 15) is 14.3 Å². The predicted molar refractivity (Wildman–Crippen MR) is 558 cm³/mol. The summed E-state index contributed by atoms with van der Waals surface area (Å²) < 4.78 is 189. The molecule has 4 aromatic heterocycles. The largest absolute Gasteiger partial charge is 0.507 e. The van der Waals surface area contributed by atoms with Crippen LogP contribution in [0, 0.1) is 32.8 Å². The molecule has 0 saturated heterocycles. The number of aryl methyl sites for hydroxylation is 3. The Morgan fingerprint density at radius 3 is 1.15 bits per heavy atom. The van der Waals surface area contributed by atoms with Gasteiger partial charge in [0, 0.05) is 113 Å². The summed E-state index contributed by atoms with van der Waals surface area (Å²) in [6.45, 7) is 16.3. The standard InChI is InChI=1S/C66H68N3O.C58H60N3O.2Pt/c1-41-34-53(61(70)55(35-41)66(12,13)14)62-68-60-52(47-37-48(39-50(38-47)64(6,7)8)56-40-45(32-33-67-56)43-26-29-49(30-27-43)63(3,4)5)23-19-25-58(60)69(62)57-31-28-46(36-42(57)2)59-51(44-20-16-15-17-21-44)22-18-24-54(59)65(9,10)11;1-36(2)40-23-26-51(47(34-40)39-17-14-13-15-18-39)61-52-20-16-19-46(53(52)60-55(61)48-29-37(3)30-49(54(48)62)58(10,11)12)42-31-43(33-45(32-42)57(7,8)9)50-35-41(27-28-59-50)38-21-24-44(25-22-38)56(4,5)6;;/h15-36,38-40,70H,1-14H3;13-30,32-36,62H,1-12H3;;/q2*-1;;/i2D3,3D3,4D3,5D3;4D3,5D3,6D3,36D;;.